The molecule has 3 rings (SSSR count). The van der Waals surface area contributed by atoms with E-state index in [-0.39, 0.29) is 0 Å². The fraction of sp³-hybridized carbons (Fsp3) is 0.333. The number of hydrogen-bond acceptors (Lipinski definition) is 4. The van der Waals surface area contributed by atoms with E-state index in [1.165, 1.54) is 0 Å². The predicted molar refractivity (Wildman–Crippen MR) is 119 cm³/mol. The molecule has 2 aromatic rings. The highest BCUT2D eigenvalue weighted by molar-refractivity contribution is 8.00. The van der Waals surface area contributed by atoms with Crippen LogP contribution in [0.15, 0.2) is 59.6 Å². The molecule has 2 aromatic carbocycles. The number of nitrogens with one attached hydrogen (secondary N) is 1. The van der Waals surface area contributed by atoms with Gasteiger partial charge < -0.3 is 10.2 Å². The minimum absolute atomic E-state index is 0.409. The number of thiocarbonyl (C=S) groups is 1. The summed E-state index contributed by atoms with van der Waals surface area (Å²) in [7, 11) is -1.29. The fourth-order valence-electron chi connectivity index (χ4n) is 3.28. The molecule has 2 atom stereocenters. The Morgan fingerprint density at radius 3 is 2.37 bits per heavy atom. The zero-order valence-electron chi connectivity index (χ0n) is 15.9. The summed E-state index contributed by atoms with van der Waals surface area (Å²) in [6, 6.07) is 18.0. The van der Waals surface area contributed by atoms with Crippen molar-refractivity contribution in [1.82, 2.24) is 5.32 Å². The number of anilines is 1. The first-order valence-corrected chi connectivity index (χ1v) is 10.9. The number of aliphatic imine (C=N–C) groups is 1. The van der Waals surface area contributed by atoms with Gasteiger partial charge in [-0.3, -0.25) is 4.21 Å². The lowest BCUT2D eigenvalue weighted by molar-refractivity contribution is 0.686. The maximum absolute atomic E-state index is 13.1. The summed E-state index contributed by atoms with van der Waals surface area (Å²) in [5.41, 5.74) is 2.52. The van der Waals surface area contributed by atoms with Gasteiger partial charge in [-0.1, -0.05) is 60.7 Å². The van der Waals surface area contributed by atoms with Crippen molar-refractivity contribution < 1.29 is 4.21 Å². The van der Waals surface area contributed by atoms with Crippen molar-refractivity contribution in [2.75, 3.05) is 18.0 Å². The molecule has 142 valence electrons. The highest BCUT2D eigenvalue weighted by Crippen LogP contribution is 2.31. The normalized spacial score (nSPS) is 20.1. The van der Waals surface area contributed by atoms with Gasteiger partial charge in [-0.05, 0) is 38.0 Å². The smallest absolute Gasteiger partial charge is 0.194 e. The van der Waals surface area contributed by atoms with E-state index in [4.69, 9.17) is 17.2 Å². The van der Waals surface area contributed by atoms with Crippen LogP contribution >= 0.6 is 12.2 Å². The standard InChI is InChI=1S/C21H25N3OS2/c1-4-24(5-2)18-14-10-9-11-16(18)15-27(25)20-22-19(26)21(3,23-20)17-12-7-6-8-13-17/h6-14H,4-5,15H2,1-3H3,(H,22,23,26). The molecular weight excluding hydrogens is 374 g/mol. The van der Waals surface area contributed by atoms with E-state index in [9.17, 15) is 4.21 Å². The second-order valence-electron chi connectivity index (χ2n) is 6.60. The van der Waals surface area contributed by atoms with E-state index in [1.54, 1.807) is 0 Å². The van der Waals surface area contributed by atoms with Crippen molar-refractivity contribution in [2.45, 2.75) is 32.1 Å². The van der Waals surface area contributed by atoms with Gasteiger partial charge in [0.05, 0.1) is 16.6 Å². The molecule has 0 aromatic heterocycles. The molecule has 0 radical (unpaired) electrons. The van der Waals surface area contributed by atoms with Crippen LogP contribution in [-0.4, -0.2) is 27.5 Å². The minimum atomic E-state index is -1.29. The summed E-state index contributed by atoms with van der Waals surface area (Å²) in [4.78, 5) is 7.60. The van der Waals surface area contributed by atoms with E-state index in [0.29, 0.717) is 15.9 Å². The molecule has 27 heavy (non-hydrogen) atoms. The van der Waals surface area contributed by atoms with Crippen LogP contribution in [0.1, 0.15) is 31.9 Å². The van der Waals surface area contributed by atoms with Crippen LogP contribution in [0.5, 0.6) is 0 Å². The molecule has 0 saturated carbocycles. The zero-order valence-corrected chi connectivity index (χ0v) is 17.6. The van der Waals surface area contributed by atoms with Gasteiger partial charge in [-0.2, -0.15) is 0 Å². The van der Waals surface area contributed by atoms with Crippen LogP contribution in [0.25, 0.3) is 0 Å². The number of rotatable bonds is 6. The van der Waals surface area contributed by atoms with E-state index in [2.05, 4.69) is 30.1 Å². The summed E-state index contributed by atoms with van der Waals surface area (Å²) < 4.78 is 13.1. The largest absolute Gasteiger partial charge is 0.372 e. The molecule has 1 heterocycles. The Kier molecular flexibility index (Phi) is 6.07. The van der Waals surface area contributed by atoms with Gasteiger partial charge in [-0.25, -0.2) is 4.99 Å². The first-order valence-electron chi connectivity index (χ1n) is 9.17. The Bertz CT molecular complexity index is 878. The SMILES string of the molecule is CCN(CC)c1ccccc1CS(=O)C1=NC(C)(c2ccccc2)C(=S)N1. The van der Waals surface area contributed by atoms with Crippen molar-refractivity contribution in [3.63, 3.8) is 0 Å². The van der Waals surface area contributed by atoms with Crippen molar-refractivity contribution in [3.05, 3.63) is 65.7 Å². The maximum Gasteiger partial charge on any atom is 0.194 e. The maximum atomic E-state index is 13.1. The molecule has 4 nitrogen and oxygen atoms in total. The molecule has 0 amide bonds. The summed E-state index contributed by atoms with van der Waals surface area (Å²) >= 11 is 5.53. The summed E-state index contributed by atoms with van der Waals surface area (Å²) in [6.07, 6.45) is 0. The van der Waals surface area contributed by atoms with Crippen molar-refractivity contribution in [1.29, 1.82) is 0 Å². The Morgan fingerprint density at radius 2 is 1.70 bits per heavy atom. The topological polar surface area (TPSA) is 44.7 Å². The second kappa shape index (κ2) is 8.31. The fourth-order valence-corrected chi connectivity index (χ4v) is 4.77. The van der Waals surface area contributed by atoms with E-state index >= 15 is 0 Å². The van der Waals surface area contributed by atoms with Gasteiger partial charge in [0.15, 0.2) is 5.17 Å². The monoisotopic (exact) mass is 399 g/mol. The van der Waals surface area contributed by atoms with Crippen LogP contribution in [0.4, 0.5) is 5.69 Å². The Balaban J connectivity index is 1.86. The third-order valence-electron chi connectivity index (χ3n) is 4.92. The van der Waals surface area contributed by atoms with Gasteiger partial charge in [0, 0.05) is 18.8 Å². The predicted octanol–water partition coefficient (Wildman–Crippen LogP) is 3.98. The van der Waals surface area contributed by atoms with Crippen molar-refractivity contribution in [2.24, 2.45) is 4.99 Å². The highest BCUT2D eigenvalue weighted by atomic mass is 32.2. The first-order chi connectivity index (χ1) is 13.0. The molecule has 0 spiro atoms. The molecule has 0 fully saturated rings. The molecule has 1 N–H and O–H groups in total. The van der Waals surface area contributed by atoms with Crippen LogP contribution in [0, 0.1) is 0 Å². The number of amidine groups is 1. The Labute approximate surface area is 169 Å². The van der Waals surface area contributed by atoms with E-state index in [0.717, 1.165) is 29.9 Å². The first kappa shape index (κ1) is 19.7. The highest BCUT2D eigenvalue weighted by Gasteiger charge is 2.38. The van der Waals surface area contributed by atoms with Gasteiger partial charge in [-0.15, -0.1) is 0 Å². The molecule has 0 aliphatic carbocycles. The third kappa shape index (κ3) is 3.96. The van der Waals surface area contributed by atoms with Crippen molar-refractivity contribution >= 4 is 38.9 Å². The van der Waals surface area contributed by atoms with Gasteiger partial charge in [0.2, 0.25) is 0 Å². The zero-order chi connectivity index (χ0) is 19.4. The van der Waals surface area contributed by atoms with Gasteiger partial charge in [0.25, 0.3) is 0 Å². The molecule has 6 heteroatoms. The summed E-state index contributed by atoms with van der Waals surface area (Å²) in [5.74, 6) is 0.409. The second-order valence-corrected chi connectivity index (χ2v) is 8.37. The lowest BCUT2D eigenvalue weighted by Gasteiger charge is -2.24. The molecular formula is C21H25N3OS2. The van der Waals surface area contributed by atoms with E-state index in [1.807, 2.05) is 55.5 Å². The molecule has 0 bridgehead atoms. The molecule has 1 aliphatic heterocycles. The quantitative estimate of drug-likeness (QED) is 0.746. The molecule has 2 unspecified atom stereocenters. The minimum Gasteiger partial charge on any atom is -0.372 e. The Hall–Kier alpha value is -2.05. The van der Waals surface area contributed by atoms with Crippen LogP contribution in [-0.2, 0) is 22.1 Å². The van der Waals surface area contributed by atoms with Gasteiger partial charge in [0.1, 0.15) is 10.5 Å². The summed E-state index contributed by atoms with van der Waals surface area (Å²) in [5, 5.41) is 3.57. The number of para-hydroxylation sites is 1. The number of nitrogens with zero attached hydrogens (tertiary/aromatic N) is 2. The van der Waals surface area contributed by atoms with Crippen LogP contribution < -0.4 is 10.2 Å². The lowest BCUT2D eigenvalue weighted by atomic mass is 9.93. The van der Waals surface area contributed by atoms with Crippen LogP contribution in [0.3, 0.4) is 0 Å². The number of hydrogen-bond donors (Lipinski definition) is 1. The van der Waals surface area contributed by atoms with Crippen molar-refractivity contribution in [3.8, 4) is 0 Å². The van der Waals surface area contributed by atoms with Gasteiger partial charge >= 0.3 is 0 Å². The van der Waals surface area contributed by atoms with Crippen LogP contribution in [0.2, 0.25) is 0 Å². The average molecular weight is 400 g/mol. The third-order valence-corrected chi connectivity index (χ3v) is 6.62. The molecule has 0 saturated heterocycles. The lowest BCUT2D eigenvalue weighted by Crippen LogP contribution is -2.34. The summed E-state index contributed by atoms with van der Waals surface area (Å²) in [6.45, 7) is 8.05. The number of benzene rings is 2. The van der Waals surface area contributed by atoms with E-state index < -0.39 is 16.3 Å². The average Bonchev–Trinajstić information content (AvgIpc) is 3.01. The molecule has 1 aliphatic rings. The Morgan fingerprint density at radius 1 is 1.07 bits per heavy atom.